The van der Waals surface area contributed by atoms with Gasteiger partial charge < -0.3 is 24.8 Å². The zero-order chi connectivity index (χ0) is 16.9. The molecule has 2 amide bonds. The fourth-order valence-electron chi connectivity index (χ4n) is 2.06. The molecule has 0 atom stereocenters. The first-order valence-corrected chi connectivity index (χ1v) is 7.14. The largest absolute Gasteiger partial charge is 0.492 e. The molecule has 0 bridgehead atoms. The highest BCUT2D eigenvalue weighted by Gasteiger charge is 2.13. The third-order valence-electron chi connectivity index (χ3n) is 3.18. The van der Waals surface area contributed by atoms with E-state index in [4.69, 9.17) is 14.2 Å². The number of urea groups is 1. The molecule has 1 heterocycles. The first kappa shape index (κ1) is 15.9. The molecule has 0 fully saturated rings. The molecule has 1 aliphatic rings. The van der Waals surface area contributed by atoms with E-state index in [1.165, 1.54) is 0 Å². The maximum atomic E-state index is 13.4. The van der Waals surface area contributed by atoms with E-state index >= 15 is 0 Å². The number of amides is 2. The lowest BCUT2D eigenvalue weighted by molar-refractivity contribution is 0.173. The number of carbonyl (C=O) groups is 1. The smallest absolute Gasteiger partial charge is 0.319 e. The second kappa shape index (κ2) is 7.03. The topological polar surface area (TPSA) is 68.8 Å². The summed E-state index contributed by atoms with van der Waals surface area (Å²) in [4.78, 5) is 11.6. The molecule has 0 unspecified atom stereocenters. The maximum absolute atomic E-state index is 13.4. The molecule has 0 aliphatic carbocycles. The van der Waals surface area contributed by atoms with Crippen molar-refractivity contribution in [2.75, 3.05) is 25.3 Å². The summed E-state index contributed by atoms with van der Waals surface area (Å²) in [5, 5.41) is 4.71. The van der Waals surface area contributed by atoms with Gasteiger partial charge in [-0.25, -0.2) is 13.6 Å². The van der Waals surface area contributed by atoms with Gasteiger partial charge in [0, 0.05) is 12.1 Å². The third kappa shape index (κ3) is 3.83. The lowest BCUT2D eigenvalue weighted by Crippen LogP contribution is -2.32. The number of ether oxygens (including phenoxy) is 3. The molecule has 2 aromatic carbocycles. The molecule has 0 saturated heterocycles. The van der Waals surface area contributed by atoms with Crippen molar-refractivity contribution in [3.05, 3.63) is 48.0 Å². The highest BCUT2D eigenvalue weighted by atomic mass is 19.1. The number of rotatable bonds is 5. The molecule has 8 heteroatoms. The van der Waals surface area contributed by atoms with Crippen molar-refractivity contribution in [2.45, 2.75) is 0 Å². The predicted octanol–water partition coefficient (Wildman–Crippen LogP) is 2.89. The number of halogens is 2. The quantitative estimate of drug-likeness (QED) is 0.824. The van der Waals surface area contributed by atoms with Gasteiger partial charge >= 0.3 is 6.03 Å². The van der Waals surface area contributed by atoms with Crippen molar-refractivity contribution < 1.29 is 27.8 Å². The molecule has 126 valence electrons. The van der Waals surface area contributed by atoms with Crippen molar-refractivity contribution in [3.63, 3.8) is 0 Å². The summed E-state index contributed by atoms with van der Waals surface area (Å²) >= 11 is 0. The lowest BCUT2D eigenvalue weighted by atomic mass is 10.3. The van der Waals surface area contributed by atoms with Gasteiger partial charge in [-0.05, 0) is 24.3 Å². The lowest BCUT2D eigenvalue weighted by Gasteiger charge is -2.10. The van der Waals surface area contributed by atoms with Gasteiger partial charge in [0.25, 0.3) is 0 Å². The standard InChI is InChI=1S/C16H14F2N2O4/c17-10-1-3-12(18)13(7-10)20-16(21)19-5-6-22-11-2-4-14-15(8-11)24-9-23-14/h1-4,7-8H,5-6,9H2,(H2,19,20,21). The van der Waals surface area contributed by atoms with Crippen LogP contribution in [0.1, 0.15) is 0 Å². The van der Waals surface area contributed by atoms with E-state index in [2.05, 4.69) is 10.6 Å². The molecule has 2 aromatic rings. The van der Waals surface area contributed by atoms with Crippen molar-refractivity contribution in [2.24, 2.45) is 0 Å². The molecule has 0 aromatic heterocycles. The van der Waals surface area contributed by atoms with E-state index in [-0.39, 0.29) is 25.6 Å². The summed E-state index contributed by atoms with van der Waals surface area (Å²) in [5.74, 6) is 0.454. The van der Waals surface area contributed by atoms with E-state index < -0.39 is 17.7 Å². The van der Waals surface area contributed by atoms with Gasteiger partial charge in [-0.2, -0.15) is 0 Å². The van der Waals surface area contributed by atoms with Gasteiger partial charge in [-0.1, -0.05) is 0 Å². The van der Waals surface area contributed by atoms with Crippen molar-refractivity contribution in [1.82, 2.24) is 5.32 Å². The number of hydrogen-bond acceptors (Lipinski definition) is 4. The van der Waals surface area contributed by atoms with Gasteiger partial charge in [-0.15, -0.1) is 0 Å². The number of carbonyl (C=O) groups excluding carboxylic acids is 1. The molecule has 1 aliphatic heterocycles. The van der Waals surface area contributed by atoms with Crippen LogP contribution in [-0.2, 0) is 0 Å². The maximum Gasteiger partial charge on any atom is 0.319 e. The summed E-state index contributed by atoms with van der Waals surface area (Å²) < 4.78 is 42.3. The zero-order valence-electron chi connectivity index (χ0n) is 12.5. The number of benzene rings is 2. The first-order chi connectivity index (χ1) is 11.6. The van der Waals surface area contributed by atoms with Crippen LogP contribution in [0.15, 0.2) is 36.4 Å². The molecule has 3 rings (SSSR count). The molecular weight excluding hydrogens is 322 g/mol. The van der Waals surface area contributed by atoms with E-state index in [1.807, 2.05) is 0 Å². The Morgan fingerprint density at radius 2 is 1.96 bits per heavy atom. The van der Waals surface area contributed by atoms with E-state index in [9.17, 15) is 13.6 Å². The second-order valence-corrected chi connectivity index (χ2v) is 4.87. The van der Waals surface area contributed by atoms with Crippen molar-refractivity contribution in [3.8, 4) is 17.2 Å². The third-order valence-corrected chi connectivity index (χ3v) is 3.18. The van der Waals surface area contributed by atoms with E-state index in [1.54, 1.807) is 18.2 Å². The van der Waals surface area contributed by atoms with Crippen molar-refractivity contribution >= 4 is 11.7 Å². The van der Waals surface area contributed by atoms with Crippen LogP contribution in [0, 0.1) is 11.6 Å². The molecule has 24 heavy (non-hydrogen) atoms. The predicted molar refractivity (Wildman–Crippen MR) is 81.4 cm³/mol. The Balaban J connectivity index is 1.43. The average Bonchev–Trinajstić information content (AvgIpc) is 3.03. The summed E-state index contributed by atoms with van der Waals surface area (Å²) in [6, 6.07) is 7.28. The van der Waals surface area contributed by atoms with Gasteiger partial charge in [0.2, 0.25) is 6.79 Å². The second-order valence-electron chi connectivity index (χ2n) is 4.87. The number of nitrogens with one attached hydrogen (secondary N) is 2. The normalized spacial score (nSPS) is 11.9. The molecule has 0 spiro atoms. The summed E-state index contributed by atoms with van der Waals surface area (Å²) in [6.07, 6.45) is 0. The van der Waals surface area contributed by atoms with E-state index in [0.29, 0.717) is 17.2 Å². The molecule has 6 nitrogen and oxygen atoms in total. The summed E-state index contributed by atoms with van der Waals surface area (Å²) in [7, 11) is 0. The number of anilines is 1. The number of fused-ring (bicyclic) bond motifs is 1. The minimum atomic E-state index is -0.719. The Labute approximate surface area is 136 Å². The fourth-order valence-corrected chi connectivity index (χ4v) is 2.06. The van der Waals surface area contributed by atoms with Crippen LogP contribution in [0.2, 0.25) is 0 Å². The van der Waals surface area contributed by atoms with Crippen LogP contribution in [0.25, 0.3) is 0 Å². The Morgan fingerprint density at radius 1 is 1.12 bits per heavy atom. The fraction of sp³-hybridized carbons (Fsp3) is 0.188. The van der Waals surface area contributed by atoms with Gasteiger partial charge in [0.05, 0.1) is 12.2 Å². The van der Waals surface area contributed by atoms with E-state index in [0.717, 1.165) is 18.2 Å². The molecule has 0 radical (unpaired) electrons. The van der Waals surface area contributed by atoms with Gasteiger partial charge in [-0.3, -0.25) is 0 Å². The Morgan fingerprint density at radius 3 is 2.83 bits per heavy atom. The van der Waals surface area contributed by atoms with Crippen LogP contribution < -0.4 is 24.8 Å². The van der Waals surface area contributed by atoms with Crippen LogP contribution >= 0.6 is 0 Å². The monoisotopic (exact) mass is 336 g/mol. The SMILES string of the molecule is O=C(NCCOc1ccc2c(c1)OCO2)Nc1cc(F)ccc1F. The highest BCUT2D eigenvalue weighted by molar-refractivity contribution is 5.89. The highest BCUT2D eigenvalue weighted by Crippen LogP contribution is 2.34. The minimum Gasteiger partial charge on any atom is -0.492 e. The average molecular weight is 336 g/mol. The van der Waals surface area contributed by atoms with Crippen LogP contribution in [-0.4, -0.2) is 26.0 Å². The van der Waals surface area contributed by atoms with Gasteiger partial charge in [0.1, 0.15) is 24.0 Å². The summed E-state index contributed by atoms with van der Waals surface area (Å²) in [6.45, 7) is 0.549. The Hall–Kier alpha value is -3.03. The summed E-state index contributed by atoms with van der Waals surface area (Å²) in [5.41, 5.74) is -0.232. The first-order valence-electron chi connectivity index (χ1n) is 7.14. The molecule has 2 N–H and O–H groups in total. The number of hydrogen-bond donors (Lipinski definition) is 2. The van der Waals surface area contributed by atoms with Gasteiger partial charge in [0.15, 0.2) is 11.5 Å². The minimum absolute atomic E-state index is 0.178. The zero-order valence-corrected chi connectivity index (χ0v) is 12.5. The van der Waals surface area contributed by atoms with Crippen LogP contribution in [0.4, 0.5) is 19.3 Å². The molecular formula is C16H14F2N2O4. The Bertz CT molecular complexity index is 755. The Kier molecular flexibility index (Phi) is 4.64. The molecule has 0 saturated carbocycles. The van der Waals surface area contributed by atoms with Crippen molar-refractivity contribution in [1.29, 1.82) is 0 Å². The van der Waals surface area contributed by atoms with Crippen LogP contribution in [0.5, 0.6) is 17.2 Å². The van der Waals surface area contributed by atoms with Crippen LogP contribution in [0.3, 0.4) is 0 Å².